The monoisotopic (exact) mass is 521 g/mol. The van der Waals surface area contributed by atoms with Crippen molar-refractivity contribution in [1.29, 1.82) is 0 Å². The quantitative estimate of drug-likeness (QED) is 0.402. The second-order valence-electron chi connectivity index (χ2n) is 8.87. The van der Waals surface area contributed by atoms with Crippen LogP contribution in [0.1, 0.15) is 56.7 Å². The van der Waals surface area contributed by atoms with E-state index in [2.05, 4.69) is 21.5 Å². The lowest BCUT2D eigenvalue weighted by atomic mass is 9.92. The number of allylic oxidation sites excluding steroid dienone is 1. The minimum absolute atomic E-state index is 0.0664. The number of halogens is 3. The number of fused-ring (bicyclic) bond motifs is 1. The Bertz CT molecular complexity index is 1250. The predicted octanol–water partition coefficient (Wildman–Crippen LogP) is 3.10. The average Bonchev–Trinajstić information content (AvgIpc) is 3.00. The van der Waals surface area contributed by atoms with Crippen molar-refractivity contribution in [3.63, 3.8) is 0 Å². The van der Waals surface area contributed by atoms with Gasteiger partial charge in [-0.3, -0.25) is 13.9 Å². The predicted molar refractivity (Wildman–Crippen MR) is 119 cm³/mol. The Hall–Kier alpha value is -2.15. The summed E-state index contributed by atoms with van der Waals surface area (Å²) in [5.41, 5.74) is -4.41. The minimum Gasteiger partial charge on any atom is -0.388 e. The molecule has 2 aromatic heterocycles. The first-order chi connectivity index (χ1) is 16.0. The first kappa shape index (κ1) is 27.4. The molecule has 0 saturated carbocycles. The number of nitrogens with zero attached hydrogens (tertiary/aromatic N) is 2. The summed E-state index contributed by atoms with van der Waals surface area (Å²) in [6.07, 6.45) is -10.2. The third-order valence-corrected chi connectivity index (χ3v) is 7.68. The molecule has 14 heteroatoms. The number of pyridine rings is 1. The van der Waals surface area contributed by atoms with Crippen molar-refractivity contribution in [3.05, 3.63) is 45.3 Å². The topological polar surface area (TPSA) is 155 Å². The van der Waals surface area contributed by atoms with Gasteiger partial charge >= 0.3 is 13.8 Å². The number of hydrogen-bond acceptors (Lipinski definition) is 8. The van der Waals surface area contributed by atoms with Gasteiger partial charge in [0.25, 0.3) is 5.56 Å². The van der Waals surface area contributed by atoms with Crippen molar-refractivity contribution >= 4 is 18.8 Å². The number of rotatable bonds is 7. The van der Waals surface area contributed by atoms with Crippen LogP contribution in [-0.2, 0) is 20.0 Å². The number of nitrogens with one attached hydrogen (secondary N) is 1. The molecule has 3 rings (SSSR count). The number of alkyl halides is 3. The smallest absolute Gasteiger partial charge is 0.388 e. The molecule has 0 amide bonds. The van der Waals surface area contributed by atoms with E-state index in [9.17, 15) is 37.6 Å². The fourth-order valence-corrected chi connectivity index (χ4v) is 4.78. The Labute approximate surface area is 198 Å². The third kappa shape index (κ3) is 5.50. The highest BCUT2D eigenvalue weighted by atomic mass is 31.2. The van der Waals surface area contributed by atoms with Gasteiger partial charge in [-0.05, 0) is 33.3 Å². The molecule has 0 aliphatic carbocycles. The summed E-state index contributed by atoms with van der Waals surface area (Å²) in [6.45, 7) is 9.13. The number of aliphatic hydroxyl groups excluding tert-OH is 2. The molecule has 1 aliphatic rings. The summed E-state index contributed by atoms with van der Waals surface area (Å²) in [6, 6.07) is 1.15. The summed E-state index contributed by atoms with van der Waals surface area (Å²) >= 11 is 0. The largest absolute Gasteiger partial charge is 0.435 e. The zero-order chi connectivity index (χ0) is 26.5. The van der Waals surface area contributed by atoms with E-state index in [1.165, 1.54) is 13.8 Å². The van der Waals surface area contributed by atoms with Crippen molar-refractivity contribution in [2.75, 3.05) is 0 Å². The highest BCUT2D eigenvalue weighted by Crippen LogP contribution is 2.54. The number of H-pyrrole nitrogens is 1. The molecule has 0 aromatic carbocycles. The van der Waals surface area contributed by atoms with Gasteiger partial charge in [0.15, 0.2) is 11.3 Å². The average molecular weight is 521 g/mol. The molecule has 0 radical (unpaired) electrons. The summed E-state index contributed by atoms with van der Waals surface area (Å²) in [5.74, 6) is 0. The second kappa shape index (κ2) is 9.38. The molecule has 10 nitrogen and oxygen atoms in total. The van der Waals surface area contributed by atoms with Crippen molar-refractivity contribution < 1.29 is 42.1 Å². The molecule has 4 N–H and O–H groups in total. The van der Waals surface area contributed by atoms with E-state index >= 15 is 0 Å². The number of aromatic nitrogens is 3. The van der Waals surface area contributed by atoms with Crippen molar-refractivity contribution in [2.24, 2.45) is 0 Å². The van der Waals surface area contributed by atoms with E-state index in [1.54, 1.807) is 6.92 Å². The zero-order valence-corrected chi connectivity index (χ0v) is 20.4. The molecule has 2 aromatic rings. The fourth-order valence-electron chi connectivity index (χ4n) is 3.82. The Morgan fingerprint density at radius 3 is 2.49 bits per heavy atom. The molecule has 6 atom stereocenters. The van der Waals surface area contributed by atoms with Crippen molar-refractivity contribution in [3.8, 4) is 0 Å². The van der Waals surface area contributed by atoms with Gasteiger partial charge in [-0.25, -0.2) is 9.97 Å². The maximum absolute atomic E-state index is 13.1. The molecule has 3 heterocycles. The molecule has 35 heavy (non-hydrogen) atoms. The van der Waals surface area contributed by atoms with Crippen LogP contribution >= 0.6 is 7.60 Å². The summed E-state index contributed by atoms with van der Waals surface area (Å²) < 4.78 is 62.9. The van der Waals surface area contributed by atoms with Gasteiger partial charge < -0.3 is 24.8 Å². The van der Waals surface area contributed by atoms with Crippen LogP contribution in [0.15, 0.2) is 22.8 Å². The molecule has 194 valence electrons. The van der Waals surface area contributed by atoms with E-state index < -0.39 is 66.4 Å². The fraction of sp³-hybridized carbons (Fsp3) is 0.571. The van der Waals surface area contributed by atoms with Gasteiger partial charge in [-0.1, -0.05) is 13.5 Å². The van der Waals surface area contributed by atoms with Crippen LogP contribution in [0.25, 0.3) is 11.2 Å². The highest BCUT2D eigenvalue weighted by molar-refractivity contribution is 7.57. The summed E-state index contributed by atoms with van der Waals surface area (Å²) in [4.78, 5) is 32.3. The van der Waals surface area contributed by atoms with Gasteiger partial charge in [0, 0.05) is 11.7 Å². The number of aliphatic hydroxyl groups is 2. The second-order valence-corrected chi connectivity index (χ2v) is 10.9. The third-order valence-electron chi connectivity index (χ3n) is 6.03. The normalized spacial score (nSPS) is 26.5. The lowest BCUT2D eigenvalue weighted by Crippen LogP contribution is -2.38. The Kier molecular flexibility index (Phi) is 7.35. The van der Waals surface area contributed by atoms with Crippen LogP contribution in [0.5, 0.6) is 0 Å². The summed E-state index contributed by atoms with van der Waals surface area (Å²) in [5, 5.41) is 21.1. The molecule has 1 aliphatic heterocycles. The van der Waals surface area contributed by atoms with Gasteiger partial charge in [-0.2, -0.15) is 13.2 Å². The van der Waals surface area contributed by atoms with Gasteiger partial charge in [0.2, 0.25) is 0 Å². The van der Waals surface area contributed by atoms with Crippen LogP contribution in [0, 0.1) is 6.92 Å². The molecular formula is C21H27F3N3O7P. The van der Waals surface area contributed by atoms with Crippen molar-refractivity contribution in [2.45, 2.75) is 76.7 Å². The van der Waals surface area contributed by atoms with Gasteiger partial charge in [-0.15, -0.1) is 0 Å². The number of aryl methyl sites for hydroxylation is 1. The molecular weight excluding hydrogens is 494 g/mol. The number of ether oxygens (including phenoxy) is 1. The Morgan fingerprint density at radius 1 is 1.31 bits per heavy atom. The van der Waals surface area contributed by atoms with Gasteiger partial charge in [0.1, 0.15) is 23.8 Å². The minimum atomic E-state index is -4.76. The molecule has 1 fully saturated rings. The Morgan fingerprint density at radius 2 is 1.94 bits per heavy atom. The van der Waals surface area contributed by atoms with Crippen LogP contribution in [-0.4, -0.2) is 54.0 Å². The molecule has 0 bridgehead atoms. The Balaban J connectivity index is 1.93. The molecule has 1 saturated heterocycles. The van der Waals surface area contributed by atoms with E-state index in [0.717, 1.165) is 13.0 Å². The first-order valence-corrected chi connectivity index (χ1v) is 12.3. The molecule has 0 spiro atoms. The molecule has 4 unspecified atom stereocenters. The van der Waals surface area contributed by atoms with E-state index in [4.69, 9.17) is 9.26 Å². The van der Waals surface area contributed by atoms with Gasteiger partial charge in [0.05, 0.1) is 23.0 Å². The lowest BCUT2D eigenvalue weighted by Gasteiger charge is -2.33. The van der Waals surface area contributed by atoms with E-state index in [0.29, 0.717) is 0 Å². The highest BCUT2D eigenvalue weighted by Gasteiger charge is 2.48. The van der Waals surface area contributed by atoms with Crippen LogP contribution in [0.4, 0.5) is 13.2 Å². The van der Waals surface area contributed by atoms with Crippen molar-refractivity contribution in [1.82, 2.24) is 15.0 Å². The number of aromatic amines is 1. The summed E-state index contributed by atoms with van der Waals surface area (Å²) in [7, 11) is -4.17. The number of hydrogen-bond donors (Lipinski definition) is 4. The lowest BCUT2D eigenvalue weighted by molar-refractivity contribution is -0.141. The van der Waals surface area contributed by atoms with E-state index in [1.807, 2.05) is 0 Å². The maximum Gasteiger partial charge on any atom is 0.435 e. The standard InChI is InChI=1S/C21H27F3N3O7P/c1-6-20(5,34-35(31,32)9(2)3)8-13-14(28)15(29)16(33-13)11-7-12-18(27-19(11)30)26-17(10(4)25-12)21(22,23)24/h7,13-16,28-29H,2,6,8H2,1,3-5H3,(H,31,32)(H,26,27,30)/t13-,14?,15?,16+,20?/m1/s1. The SMILES string of the molecule is C=C(C)P(=O)(O)OC(C)(CC)C[C@H]1O[C@@H](c2cc3nc(C)c(C(F)(F)F)nc3[nH]c2=O)C(O)C1O. The zero-order valence-electron chi connectivity index (χ0n) is 19.5. The maximum atomic E-state index is 13.1. The van der Waals surface area contributed by atoms with Crippen LogP contribution < -0.4 is 5.56 Å². The van der Waals surface area contributed by atoms with Crippen LogP contribution in [0.3, 0.4) is 0 Å². The van der Waals surface area contributed by atoms with E-state index in [-0.39, 0.29) is 29.2 Å². The first-order valence-electron chi connectivity index (χ1n) is 10.7. The van der Waals surface area contributed by atoms with Crippen LogP contribution in [0.2, 0.25) is 0 Å².